The number of amides is 3. The Labute approximate surface area is 130 Å². The molecule has 2 aliphatic rings. The molecule has 22 heavy (non-hydrogen) atoms. The van der Waals surface area contributed by atoms with E-state index < -0.39 is 0 Å². The first-order chi connectivity index (χ1) is 10.7. The van der Waals surface area contributed by atoms with Crippen LogP contribution >= 0.6 is 0 Å². The SMILES string of the molecule is COc1ccc(N2CCN(C(=O)NC(=O)C3CC3)CC2)cc1. The number of piperazine rings is 1. The van der Waals surface area contributed by atoms with Crippen molar-refractivity contribution in [3.8, 4) is 5.75 Å². The standard InChI is InChI=1S/C16H21N3O3/c1-22-14-6-4-13(5-7-14)18-8-10-19(11-9-18)16(21)17-15(20)12-2-3-12/h4-7,12H,2-3,8-11H2,1H3,(H,17,20,21). The fourth-order valence-corrected chi connectivity index (χ4v) is 2.59. The monoisotopic (exact) mass is 303 g/mol. The van der Waals surface area contributed by atoms with Crippen LogP contribution in [0.15, 0.2) is 24.3 Å². The average molecular weight is 303 g/mol. The normalized spacial score (nSPS) is 18.0. The molecule has 3 rings (SSSR count). The van der Waals surface area contributed by atoms with Crippen LogP contribution in [0, 0.1) is 5.92 Å². The zero-order valence-corrected chi connectivity index (χ0v) is 12.7. The van der Waals surface area contributed by atoms with Gasteiger partial charge in [-0.1, -0.05) is 0 Å². The molecule has 0 spiro atoms. The van der Waals surface area contributed by atoms with Crippen LogP contribution < -0.4 is 15.0 Å². The average Bonchev–Trinajstić information content (AvgIpc) is 3.40. The van der Waals surface area contributed by atoms with Crippen LogP contribution in [0.1, 0.15) is 12.8 Å². The summed E-state index contributed by atoms with van der Waals surface area (Å²) in [5, 5.41) is 2.49. The largest absolute Gasteiger partial charge is 0.497 e. The Kier molecular flexibility index (Phi) is 4.18. The minimum atomic E-state index is -0.258. The van der Waals surface area contributed by atoms with Crippen molar-refractivity contribution >= 4 is 17.6 Å². The summed E-state index contributed by atoms with van der Waals surface area (Å²) >= 11 is 0. The predicted molar refractivity (Wildman–Crippen MR) is 83.0 cm³/mol. The molecule has 1 N–H and O–H groups in total. The molecule has 1 aliphatic carbocycles. The van der Waals surface area contributed by atoms with Gasteiger partial charge in [-0.3, -0.25) is 10.1 Å². The second-order valence-electron chi connectivity index (χ2n) is 5.74. The molecular formula is C16H21N3O3. The van der Waals surface area contributed by atoms with Crippen molar-refractivity contribution in [2.75, 3.05) is 38.2 Å². The number of benzene rings is 1. The van der Waals surface area contributed by atoms with Crippen LogP contribution in [-0.2, 0) is 4.79 Å². The topological polar surface area (TPSA) is 61.9 Å². The highest BCUT2D eigenvalue weighted by Gasteiger charge is 2.32. The second kappa shape index (κ2) is 6.25. The van der Waals surface area contributed by atoms with Gasteiger partial charge < -0.3 is 14.5 Å². The lowest BCUT2D eigenvalue weighted by Crippen LogP contribution is -2.53. The van der Waals surface area contributed by atoms with Gasteiger partial charge >= 0.3 is 6.03 Å². The third kappa shape index (κ3) is 3.32. The number of hydrogen-bond donors (Lipinski definition) is 1. The highest BCUT2D eigenvalue weighted by molar-refractivity contribution is 5.96. The van der Waals surface area contributed by atoms with E-state index in [0.29, 0.717) is 13.1 Å². The van der Waals surface area contributed by atoms with Crippen molar-refractivity contribution in [2.24, 2.45) is 5.92 Å². The number of imide groups is 1. The van der Waals surface area contributed by atoms with Crippen LogP contribution in [-0.4, -0.2) is 50.1 Å². The van der Waals surface area contributed by atoms with E-state index >= 15 is 0 Å². The highest BCUT2D eigenvalue weighted by atomic mass is 16.5. The van der Waals surface area contributed by atoms with Gasteiger partial charge in [0.2, 0.25) is 5.91 Å². The van der Waals surface area contributed by atoms with E-state index in [1.807, 2.05) is 24.3 Å². The van der Waals surface area contributed by atoms with E-state index in [1.54, 1.807) is 12.0 Å². The van der Waals surface area contributed by atoms with E-state index in [2.05, 4.69) is 10.2 Å². The Balaban J connectivity index is 1.50. The summed E-state index contributed by atoms with van der Waals surface area (Å²) < 4.78 is 5.15. The lowest BCUT2D eigenvalue weighted by atomic mass is 10.2. The van der Waals surface area contributed by atoms with Gasteiger partial charge in [-0.15, -0.1) is 0 Å². The predicted octanol–water partition coefficient (Wildman–Crippen LogP) is 1.46. The van der Waals surface area contributed by atoms with Gasteiger partial charge in [0.15, 0.2) is 0 Å². The number of ether oxygens (including phenoxy) is 1. The Morgan fingerprint density at radius 1 is 1.09 bits per heavy atom. The summed E-state index contributed by atoms with van der Waals surface area (Å²) in [5.74, 6) is 0.771. The molecule has 1 heterocycles. The van der Waals surface area contributed by atoms with Gasteiger partial charge in [-0.2, -0.15) is 0 Å². The number of anilines is 1. The molecule has 0 radical (unpaired) electrons. The van der Waals surface area contributed by atoms with Crippen LogP contribution in [0.5, 0.6) is 5.75 Å². The van der Waals surface area contributed by atoms with Crippen molar-refractivity contribution < 1.29 is 14.3 Å². The van der Waals surface area contributed by atoms with Crippen LogP contribution in [0.2, 0.25) is 0 Å². The number of urea groups is 1. The van der Waals surface area contributed by atoms with Gasteiger partial charge in [0, 0.05) is 37.8 Å². The molecule has 3 amide bonds. The van der Waals surface area contributed by atoms with E-state index in [1.165, 1.54) is 0 Å². The van der Waals surface area contributed by atoms with Crippen molar-refractivity contribution in [3.05, 3.63) is 24.3 Å². The fraction of sp³-hybridized carbons (Fsp3) is 0.500. The molecule has 1 aromatic rings. The molecule has 0 aromatic heterocycles. The summed E-state index contributed by atoms with van der Waals surface area (Å²) in [4.78, 5) is 27.6. The molecule has 1 aliphatic heterocycles. The zero-order chi connectivity index (χ0) is 15.5. The molecule has 1 saturated heterocycles. The van der Waals surface area contributed by atoms with Crippen molar-refractivity contribution in [1.82, 2.24) is 10.2 Å². The highest BCUT2D eigenvalue weighted by Crippen LogP contribution is 2.28. The lowest BCUT2D eigenvalue weighted by molar-refractivity contribution is -0.121. The Morgan fingerprint density at radius 3 is 2.27 bits per heavy atom. The molecule has 0 unspecified atom stereocenters. The van der Waals surface area contributed by atoms with E-state index in [-0.39, 0.29) is 17.9 Å². The molecule has 0 atom stereocenters. The van der Waals surface area contributed by atoms with E-state index in [0.717, 1.165) is 37.4 Å². The van der Waals surface area contributed by atoms with Crippen LogP contribution in [0.3, 0.4) is 0 Å². The van der Waals surface area contributed by atoms with Gasteiger partial charge in [0.25, 0.3) is 0 Å². The molecule has 1 aromatic carbocycles. The number of hydrogen-bond acceptors (Lipinski definition) is 4. The fourth-order valence-electron chi connectivity index (χ4n) is 2.59. The maximum Gasteiger partial charge on any atom is 0.324 e. The zero-order valence-electron chi connectivity index (χ0n) is 12.7. The summed E-state index contributed by atoms with van der Waals surface area (Å²) in [6.07, 6.45) is 1.81. The number of carbonyl (C=O) groups excluding carboxylic acids is 2. The van der Waals surface area contributed by atoms with Gasteiger partial charge in [-0.05, 0) is 37.1 Å². The lowest BCUT2D eigenvalue weighted by Gasteiger charge is -2.36. The summed E-state index contributed by atoms with van der Waals surface area (Å²) in [7, 11) is 1.65. The maximum atomic E-state index is 12.0. The molecule has 2 fully saturated rings. The van der Waals surface area contributed by atoms with Crippen LogP contribution in [0.4, 0.5) is 10.5 Å². The molecule has 0 bridgehead atoms. The molecular weight excluding hydrogens is 282 g/mol. The minimum Gasteiger partial charge on any atom is -0.497 e. The molecule has 1 saturated carbocycles. The third-order valence-electron chi connectivity index (χ3n) is 4.18. The summed E-state index contributed by atoms with van der Waals surface area (Å²) in [6, 6.07) is 7.65. The van der Waals surface area contributed by atoms with Gasteiger partial charge in [-0.25, -0.2) is 4.79 Å². The maximum absolute atomic E-state index is 12.0. The minimum absolute atomic E-state index is 0.0598. The van der Waals surface area contributed by atoms with Crippen molar-refractivity contribution in [3.63, 3.8) is 0 Å². The summed E-state index contributed by atoms with van der Waals surface area (Å²) in [6.45, 7) is 2.76. The summed E-state index contributed by atoms with van der Waals surface area (Å²) in [5.41, 5.74) is 1.12. The van der Waals surface area contributed by atoms with E-state index in [9.17, 15) is 9.59 Å². The second-order valence-corrected chi connectivity index (χ2v) is 5.74. The number of carbonyl (C=O) groups is 2. The quantitative estimate of drug-likeness (QED) is 0.918. The van der Waals surface area contributed by atoms with Gasteiger partial charge in [0.1, 0.15) is 5.75 Å². The smallest absolute Gasteiger partial charge is 0.324 e. The first-order valence-electron chi connectivity index (χ1n) is 7.66. The number of nitrogens with zero attached hydrogens (tertiary/aromatic N) is 2. The van der Waals surface area contributed by atoms with Gasteiger partial charge in [0.05, 0.1) is 7.11 Å². The van der Waals surface area contributed by atoms with E-state index in [4.69, 9.17) is 4.74 Å². The molecule has 6 nitrogen and oxygen atoms in total. The Bertz CT molecular complexity index is 546. The number of nitrogens with one attached hydrogen (secondary N) is 1. The third-order valence-corrected chi connectivity index (χ3v) is 4.18. The Hall–Kier alpha value is -2.24. The number of rotatable bonds is 3. The Morgan fingerprint density at radius 2 is 1.73 bits per heavy atom. The number of methoxy groups -OCH3 is 1. The first kappa shape index (κ1) is 14.7. The van der Waals surface area contributed by atoms with Crippen LogP contribution in [0.25, 0.3) is 0 Å². The molecule has 6 heteroatoms. The first-order valence-corrected chi connectivity index (χ1v) is 7.66. The van der Waals surface area contributed by atoms with Crippen molar-refractivity contribution in [1.29, 1.82) is 0 Å². The van der Waals surface area contributed by atoms with Crippen molar-refractivity contribution in [2.45, 2.75) is 12.8 Å². The molecule has 118 valence electrons.